The number of hydrogen-bond acceptors (Lipinski definition) is 6. The molecule has 2 aromatic heterocycles. The minimum atomic E-state index is -4.65. The predicted octanol–water partition coefficient (Wildman–Crippen LogP) is 5.09. The van der Waals surface area contributed by atoms with Gasteiger partial charge in [-0.25, -0.2) is 24.5 Å². The van der Waals surface area contributed by atoms with E-state index in [1.165, 1.54) is 23.6 Å². The number of alkyl halides is 3. The van der Waals surface area contributed by atoms with Gasteiger partial charge in [0, 0.05) is 17.1 Å². The fourth-order valence-electron chi connectivity index (χ4n) is 3.61. The van der Waals surface area contributed by atoms with E-state index < -0.39 is 28.9 Å². The van der Waals surface area contributed by atoms with Crippen molar-refractivity contribution >= 4 is 52.1 Å². The van der Waals surface area contributed by atoms with Crippen LogP contribution in [0.4, 0.5) is 40.0 Å². The number of hydrogen-bond donors (Lipinski definition) is 2. The van der Waals surface area contributed by atoms with E-state index in [2.05, 4.69) is 25.6 Å². The number of halogens is 4. The molecular formula is C22H15ClF3N7O3. The van der Waals surface area contributed by atoms with Gasteiger partial charge in [0.2, 0.25) is 0 Å². The minimum Gasteiger partial charge on any atom is -0.447 e. The van der Waals surface area contributed by atoms with Crippen LogP contribution in [0.1, 0.15) is 5.56 Å². The highest BCUT2D eigenvalue weighted by molar-refractivity contribution is 6.31. The Morgan fingerprint density at radius 1 is 1.03 bits per heavy atom. The van der Waals surface area contributed by atoms with E-state index in [4.69, 9.17) is 16.3 Å². The molecule has 0 bridgehead atoms. The Balaban J connectivity index is 1.32. The first-order valence-corrected chi connectivity index (χ1v) is 10.8. The summed E-state index contributed by atoms with van der Waals surface area (Å²) in [5.41, 5.74) is 0.807. The molecule has 3 amide bonds. The Morgan fingerprint density at radius 2 is 1.75 bits per heavy atom. The highest BCUT2D eigenvalue weighted by Gasteiger charge is 2.33. The molecule has 1 aliphatic heterocycles. The van der Waals surface area contributed by atoms with Gasteiger partial charge < -0.3 is 15.4 Å². The van der Waals surface area contributed by atoms with Gasteiger partial charge in [-0.3, -0.25) is 9.47 Å². The number of anilines is 3. The highest BCUT2D eigenvalue weighted by Crippen LogP contribution is 2.36. The Bertz CT molecular complexity index is 1470. The summed E-state index contributed by atoms with van der Waals surface area (Å²) in [6.07, 6.45) is -2.31. The van der Waals surface area contributed by atoms with E-state index >= 15 is 0 Å². The van der Waals surface area contributed by atoms with E-state index in [-0.39, 0.29) is 12.3 Å². The first-order valence-electron chi connectivity index (χ1n) is 10.4. The first kappa shape index (κ1) is 23.4. The fourth-order valence-corrected chi connectivity index (χ4v) is 3.84. The van der Waals surface area contributed by atoms with E-state index in [0.717, 1.165) is 12.1 Å². The lowest BCUT2D eigenvalue weighted by atomic mass is 10.2. The molecule has 1 fully saturated rings. The second kappa shape index (κ2) is 9.00. The van der Waals surface area contributed by atoms with Crippen LogP contribution in [0, 0.1) is 0 Å². The lowest BCUT2D eigenvalue weighted by Gasteiger charge is -2.13. The number of aromatic nitrogens is 4. The minimum absolute atomic E-state index is 0.0666. The van der Waals surface area contributed by atoms with Crippen LogP contribution in [-0.2, 0) is 10.9 Å². The number of nitrogens with zero attached hydrogens (tertiary/aromatic N) is 5. The molecular weight excluding hydrogens is 503 g/mol. The number of fused-ring (bicyclic) bond motifs is 1. The molecule has 0 atom stereocenters. The van der Waals surface area contributed by atoms with Gasteiger partial charge in [-0.15, -0.1) is 0 Å². The number of urea groups is 1. The number of imidazole rings is 1. The van der Waals surface area contributed by atoms with Crippen LogP contribution in [-0.4, -0.2) is 44.8 Å². The zero-order valence-electron chi connectivity index (χ0n) is 18.1. The lowest BCUT2D eigenvalue weighted by molar-refractivity contribution is -0.137. The number of amides is 3. The zero-order chi connectivity index (χ0) is 25.4. The molecule has 1 aliphatic rings. The lowest BCUT2D eigenvalue weighted by Crippen LogP contribution is -2.24. The molecule has 184 valence electrons. The predicted molar refractivity (Wildman–Crippen MR) is 124 cm³/mol. The first-order chi connectivity index (χ1) is 17.2. The molecule has 1 saturated heterocycles. The van der Waals surface area contributed by atoms with Crippen molar-refractivity contribution in [3.63, 3.8) is 0 Å². The van der Waals surface area contributed by atoms with Crippen LogP contribution >= 0.6 is 11.6 Å². The molecule has 0 aliphatic carbocycles. The van der Waals surface area contributed by atoms with Crippen molar-refractivity contribution < 1.29 is 27.5 Å². The second-order valence-electron chi connectivity index (χ2n) is 7.57. The van der Waals surface area contributed by atoms with Crippen LogP contribution in [0.25, 0.3) is 16.9 Å². The number of carbonyl (C=O) groups excluding carboxylic acids is 2. The van der Waals surface area contributed by atoms with Gasteiger partial charge >= 0.3 is 18.3 Å². The molecule has 0 radical (unpaired) electrons. The Kier molecular flexibility index (Phi) is 5.84. The Hall–Kier alpha value is -4.39. The molecule has 5 rings (SSSR count). The fraction of sp³-hybridized carbons (Fsp3) is 0.136. The molecule has 0 unspecified atom stereocenters. The van der Waals surface area contributed by atoms with E-state index in [1.807, 2.05) is 0 Å². The molecule has 0 spiro atoms. The van der Waals surface area contributed by atoms with Crippen LogP contribution < -0.4 is 15.5 Å². The van der Waals surface area contributed by atoms with Gasteiger partial charge in [0.1, 0.15) is 19.3 Å². The normalized spacial score (nSPS) is 13.7. The van der Waals surface area contributed by atoms with Crippen LogP contribution in [0.5, 0.6) is 0 Å². The van der Waals surface area contributed by atoms with Crippen molar-refractivity contribution in [1.29, 1.82) is 0 Å². The van der Waals surface area contributed by atoms with E-state index in [1.54, 1.807) is 28.8 Å². The number of nitrogens with one attached hydrogen (secondary N) is 2. The molecule has 10 nitrogen and oxygen atoms in total. The molecule has 0 saturated carbocycles. The summed E-state index contributed by atoms with van der Waals surface area (Å²) < 4.78 is 45.7. The summed E-state index contributed by atoms with van der Waals surface area (Å²) in [5.74, 6) is 0.340. The van der Waals surface area contributed by atoms with Gasteiger partial charge in [-0.05, 0) is 42.5 Å². The Labute approximate surface area is 205 Å². The number of benzene rings is 2. The molecule has 3 heterocycles. The van der Waals surface area contributed by atoms with Gasteiger partial charge in [0.15, 0.2) is 17.0 Å². The van der Waals surface area contributed by atoms with E-state index in [9.17, 15) is 22.8 Å². The van der Waals surface area contributed by atoms with Gasteiger partial charge in [-0.1, -0.05) is 11.6 Å². The molecule has 2 N–H and O–H groups in total. The third-order valence-corrected chi connectivity index (χ3v) is 5.59. The number of rotatable bonds is 4. The van der Waals surface area contributed by atoms with E-state index in [0.29, 0.717) is 34.9 Å². The SMILES string of the molecule is O=C(Nc1ccc(-n2cnc3c(N4CCOC4=O)ncnc32)cc1)Nc1ccc(Cl)c(C(F)(F)F)c1. The van der Waals surface area contributed by atoms with Crippen molar-refractivity contribution in [2.75, 3.05) is 28.7 Å². The smallest absolute Gasteiger partial charge is 0.417 e. The maximum atomic E-state index is 13.0. The molecule has 2 aromatic carbocycles. The summed E-state index contributed by atoms with van der Waals surface area (Å²) in [4.78, 5) is 38.4. The van der Waals surface area contributed by atoms with Crippen molar-refractivity contribution in [2.24, 2.45) is 0 Å². The Morgan fingerprint density at radius 3 is 2.44 bits per heavy atom. The van der Waals surface area contributed by atoms with Gasteiger partial charge in [0.05, 0.1) is 17.1 Å². The third kappa shape index (κ3) is 4.47. The quantitative estimate of drug-likeness (QED) is 0.390. The molecule has 36 heavy (non-hydrogen) atoms. The molecule has 4 aromatic rings. The average molecular weight is 518 g/mol. The summed E-state index contributed by atoms with van der Waals surface area (Å²) in [7, 11) is 0. The zero-order valence-corrected chi connectivity index (χ0v) is 18.8. The van der Waals surface area contributed by atoms with Crippen molar-refractivity contribution in [1.82, 2.24) is 19.5 Å². The van der Waals surface area contributed by atoms with Crippen LogP contribution in [0.15, 0.2) is 55.1 Å². The summed E-state index contributed by atoms with van der Waals surface area (Å²) in [6, 6.07) is 8.93. The topological polar surface area (TPSA) is 114 Å². The van der Waals surface area contributed by atoms with Crippen LogP contribution in [0.3, 0.4) is 0 Å². The highest BCUT2D eigenvalue weighted by atomic mass is 35.5. The summed E-state index contributed by atoms with van der Waals surface area (Å²) in [6.45, 7) is 0.613. The second-order valence-corrected chi connectivity index (χ2v) is 7.98. The standard InChI is InChI=1S/C22H15ClF3N7O3/c23-16-6-3-13(9-15(16)22(24,25)26)31-20(34)30-12-1-4-14(5-2-12)33-11-29-17-18(27-10-28-19(17)33)32-7-8-36-21(32)35/h1-6,9-11H,7-8H2,(H2,30,31,34). The van der Waals surface area contributed by atoms with Gasteiger partial charge in [-0.2, -0.15) is 13.2 Å². The summed E-state index contributed by atoms with van der Waals surface area (Å²) >= 11 is 5.60. The number of ether oxygens (including phenoxy) is 1. The van der Waals surface area contributed by atoms with Crippen molar-refractivity contribution in [2.45, 2.75) is 6.18 Å². The van der Waals surface area contributed by atoms with Crippen molar-refractivity contribution in [3.05, 3.63) is 65.7 Å². The van der Waals surface area contributed by atoms with Crippen LogP contribution in [0.2, 0.25) is 5.02 Å². The average Bonchev–Trinajstić information content (AvgIpc) is 3.46. The van der Waals surface area contributed by atoms with Crippen molar-refractivity contribution in [3.8, 4) is 5.69 Å². The largest absolute Gasteiger partial charge is 0.447 e. The monoisotopic (exact) mass is 517 g/mol. The third-order valence-electron chi connectivity index (χ3n) is 5.26. The molecule has 14 heteroatoms. The number of carbonyl (C=O) groups is 2. The summed E-state index contributed by atoms with van der Waals surface area (Å²) in [5, 5.41) is 4.44. The van der Waals surface area contributed by atoms with Gasteiger partial charge in [0.25, 0.3) is 0 Å². The number of cyclic esters (lactones) is 1. The maximum Gasteiger partial charge on any atom is 0.417 e. The maximum absolute atomic E-state index is 13.0.